The molecule has 0 spiro atoms. The van der Waals surface area contributed by atoms with Crippen LogP contribution in [0, 0.1) is 5.82 Å². The standard InChI is InChI=1S/C14H10BrFO2/c15-12-7-6-11(16)8-14(12)18-9-13(17)10-4-2-1-3-5-10/h1-8H,9H2. The normalized spacial score (nSPS) is 10.1. The van der Waals surface area contributed by atoms with E-state index in [1.807, 2.05) is 6.07 Å². The smallest absolute Gasteiger partial charge is 0.200 e. The van der Waals surface area contributed by atoms with Gasteiger partial charge in [-0.3, -0.25) is 4.79 Å². The largest absolute Gasteiger partial charge is 0.484 e. The molecule has 18 heavy (non-hydrogen) atoms. The van der Waals surface area contributed by atoms with Gasteiger partial charge in [0.2, 0.25) is 0 Å². The average molecular weight is 309 g/mol. The number of ketones is 1. The first kappa shape index (κ1) is 12.8. The Morgan fingerprint density at radius 1 is 1.17 bits per heavy atom. The van der Waals surface area contributed by atoms with Crippen LogP contribution in [-0.2, 0) is 0 Å². The van der Waals surface area contributed by atoms with Crippen molar-refractivity contribution in [3.63, 3.8) is 0 Å². The molecular weight excluding hydrogens is 299 g/mol. The number of ether oxygens (including phenoxy) is 1. The molecule has 0 atom stereocenters. The fourth-order valence-electron chi connectivity index (χ4n) is 1.44. The van der Waals surface area contributed by atoms with Crippen LogP contribution in [-0.4, -0.2) is 12.4 Å². The van der Waals surface area contributed by atoms with Crippen LogP contribution in [0.25, 0.3) is 0 Å². The zero-order valence-electron chi connectivity index (χ0n) is 9.40. The van der Waals surface area contributed by atoms with E-state index in [1.165, 1.54) is 18.2 Å². The van der Waals surface area contributed by atoms with Crippen LogP contribution in [0.3, 0.4) is 0 Å². The fraction of sp³-hybridized carbons (Fsp3) is 0.0714. The lowest BCUT2D eigenvalue weighted by Gasteiger charge is -2.07. The number of Topliss-reactive ketones (excluding diaryl/α,β-unsaturated/α-hetero) is 1. The summed E-state index contributed by atoms with van der Waals surface area (Å²) in [5.74, 6) is -0.230. The molecule has 0 aliphatic heterocycles. The highest BCUT2D eigenvalue weighted by atomic mass is 79.9. The van der Waals surface area contributed by atoms with E-state index in [0.29, 0.717) is 15.8 Å². The van der Waals surface area contributed by atoms with Crippen molar-refractivity contribution in [1.29, 1.82) is 0 Å². The van der Waals surface area contributed by atoms with Crippen molar-refractivity contribution in [2.45, 2.75) is 0 Å². The zero-order chi connectivity index (χ0) is 13.0. The Morgan fingerprint density at radius 3 is 2.61 bits per heavy atom. The van der Waals surface area contributed by atoms with Gasteiger partial charge in [0.15, 0.2) is 12.4 Å². The highest BCUT2D eigenvalue weighted by Crippen LogP contribution is 2.25. The highest BCUT2D eigenvalue weighted by molar-refractivity contribution is 9.10. The number of carbonyl (C=O) groups excluding carboxylic acids is 1. The molecule has 0 fully saturated rings. The van der Waals surface area contributed by atoms with Crippen molar-refractivity contribution in [3.05, 3.63) is 64.4 Å². The van der Waals surface area contributed by atoms with E-state index in [1.54, 1.807) is 24.3 Å². The molecule has 2 nitrogen and oxygen atoms in total. The predicted molar refractivity (Wildman–Crippen MR) is 70.4 cm³/mol. The van der Waals surface area contributed by atoms with Crippen molar-refractivity contribution in [3.8, 4) is 5.75 Å². The van der Waals surface area contributed by atoms with Crippen molar-refractivity contribution < 1.29 is 13.9 Å². The van der Waals surface area contributed by atoms with Gasteiger partial charge >= 0.3 is 0 Å². The van der Waals surface area contributed by atoms with Gasteiger partial charge in [0.05, 0.1) is 4.47 Å². The van der Waals surface area contributed by atoms with E-state index in [2.05, 4.69) is 15.9 Å². The molecule has 2 aromatic carbocycles. The summed E-state index contributed by atoms with van der Waals surface area (Å²) in [7, 11) is 0. The van der Waals surface area contributed by atoms with Crippen LogP contribution >= 0.6 is 15.9 Å². The van der Waals surface area contributed by atoms with Crippen molar-refractivity contribution in [2.75, 3.05) is 6.61 Å². The molecule has 0 bridgehead atoms. The van der Waals surface area contributed by atoms with E-state index in [4.69, 9.17) is 4.74 Å². The fourth-order valence-corrected chi connectivity index (χ4v) is 1.80. The van der Waals surface area contributed by atoms with Crippen LogP contribution in [0.5, 0.6) is 5.75 Å². The molecule has 2 aromatic rings. The van der Waals surface area contributed by atoms with E-state index >= 15 is 0 Å². The van der Waals surface area contributed by atoms with E-state index in [9.17, 15) is 9.18 Å². The molecule has 0 heterocycles. The summed E-state index contributed by atoms with van der Waals surface area (Å²) in [5.41, 5.74) is 0.574. The summed E-state index contributed by atoms with van der Waals surface area (Å²) in [6.07, 6.45) is 0. The Balaban J connectivity index is 2.04. The second-order valence-electron chi connectivity index (χ2n) is 3.65. The maximum Gasteiger partial charge on any atom is 0.200 e. The monoisotopic (exact) mass is 308 g/mol. The van der Waals surface area contributed by atoms with Crippen LogP contribution in [0.15, 0.2) is 53.0 Å². The molecule has 92 valence electrons. The molecule has 2 rings (SSSR count). The third-order valence-corrected chi connectivity index (χ3v) is 3.00. The SMILES string of the molecule is O=C(COc1cc(F)ccc1Br)c1ccccc1. The number of hydrogen-bond donors (Lipinski definition) is 0. The molecule has 4 heteroatoms. The van der Waals surface area contributed by atoms with Gasteiger partial charge < -0.3 is 4.74 Å². The van der Waals surface area contributed by atoms with Crippen LogP contribution in [0.1, 0.15) is 10.4 Å². The number of benzene rings is 2. The van der Waals surface area contributed by atoms with E-state index in [-0.39, 0.29) is 12.4 Å². The molecular formula is C14H10BrFO2. The molecule has 0 N–H and O–H groups in total. The van der Waals surface area contributed by atoms with Crippen molar-refractivity contribution in [2.24, 2.45) is 0 Å². The first-order chi connectivity index (χ1) is 8.66. The van der Waals surface area contributed by atoms with Crippen molar-refractivity contribution in [1.82, 2.24) is 0 Å². The number of hydrogen-bond acceptors (Lipinski definition) is 2. The first-order valence-electron chi connectivity index (χ1n) is 5.33. The zero-order valence-corrected chi connectivity index (χ0v) is 11.0. The first-order valence-corrected chi connectivity index (χ1v) is 6.12. The molecule has 0 saturated carbocycles. The maximum absolute atomic E-state index is 13.0. The lowest BCUT2D eigenvalue weighted by Crippen LogP contribution is -2.11. The predicted octanol–water partition coefficient (Wildman–Crippen LogP) is 3.85. The van der Waals surface area contributed by atoms with Crippen molar-refractivity contribution >= 4 is 21.7 Å². The van der Waals surface area contributed by atoms with E-state index < -0.39 is 5.82 Å². The average Bonchev–Trinajstić information content (AvgIpc) is 2.40. The highest BCUT2D eigenvalue weighted by Gasteiger charge is 2.08. The lowest BCUT2D eigenvalue weighted by atomic mass is 10.1. The molecule has 0 unspecified atom stereocenters. The molecule has 0 saturated heterocycles. The third kappa shape index (κ3) is 3.17. The van der Waals surface area contributed by atoms with Crippen LogP contribution in [0.4, 0.5) is 4.39 Å². The van der Waals surface area contributed by atoms with Gasteiger partial charge in [-0.15, -0.1) is 0 Å². The number of carbonyl (C=O) groups is 1. The Bertz CT molecular complexity index is 555. The van der Waals surface area contributed by atoms with Gasteiger partial charge in [-0.05, 0) is 28.1 Å². The second-order valence-corrected chi connectivity index (χ2v) is 4.51. The van der Waals surface area contributed by atoms with Gasteiger partial charge in [0.1, 0.15) is 11.6 Å². The second kappa shape index (κ2) is 5.78. The van der Waals surface area contributed by atoms with Gasteiger partial charge in [0, 0.05) is 11.6 Å². The lowest BCUT2D eigenvalue weighted by molar-refractivity contribution is 0.0920. The molecule has 0 radical (unpaired) electrons. The number of halogens is 2. The summed E-state index contributed by atoms with van der Waals surface area (Å²) in [5, 5.41) is 0. The molecule has 0 aliphatic carbocycles. The third-order valence-electron chi connectivity index (χ3n) is 2.35. The summed E-state index contributed by atoms with van der Waals surface area (Å²) < 4.78 is 18.9. The minimum atomic E-state index is -0.402. The van der Waals surface area contributed by atoms with Gasteiger partial charge in [-0.2, -0.15) is 0 Å². The van der Waals surface area contributed by atoms with Gasteiger partial charge in [0.25, 0.3) is 0 Å². The van der Waals surface area contributed by atoms with Crippen LogP contribution in [0.2, 0.25) is 0 Å². The summed E-state index contributed by atoms with van der Waals surface area (Å²) in [6.45, 7) is -0.119. The molecule has 0 aromatic heterocycles. The number of rotatable bonds is 4. The Labute approximate surface area is 113 Å². The summed E-state index contributed by atoms with van der Waals surface area (Å²) in [4.78, 5) is 11.8. The maximum atomic E-state index is 13.0. The Kier molecular flexibility index (Phi) is 4.10. The van der Waals surface area contributed by atoms with Gasteiger partial charge in [-0.1, -0.05) is 30.3 Å². The Morgan fingerprint density at radius 2 is 1.89 bits per heavy atom. The molecule has 0 aliphatic rings. The molecule has 0 amide bonds. The quantitative estimate of drug-likeness (QED) is 0.802. The summed E-state index contributed by atoms with van der Waals surface area (Å²) >= 11 is 3.23. The minimum absolute atomic E-state index is 0.119. The topological polar surface area (TPSA) is 26.3 Å². The minimum Gasteiger partial charge on any atom is -0.484 e. The summed E-state index contributed by atoms with van der Waals surface area (Å²) in [6, 6.07) is 12.9. The van der Waals surface area contributed by atoms with Gasteiger partial charge in [-0.25, -0.2) is 4.39 Å². The van der Waals surface area contributed by atoms with E-state index in [0.717, 1.165) is 0 Å². The Hall–Kier alpha value is -1.68. The van der Waals surface area contributed by atoms with Crippen LogP contribution < -0.4 is 4.74 Å².